The van der Waals surface area contributed by atoms with E-state index in [9.17, 15) is 14.9 Å². The minimum Gasteiger partial charge on any atom is -0.476 e. The largest absolute Gasteiger partial charge is 0.476 e. The molecular formula is C21H17N3O4. The summed E-state index contributed by atoms with van der Waals surface area (Å²) in [7, 11) is 0. The van der Waals surface area contributed by atoms with Crippen molar-refractivity contribution < 1.29 is 14.5 Å². The predicted octanol–water partition coefficient (Wildman–Crippen LogP) is 3.83. The van der Waals surface area contributed by atoms with E-state index in [2.05, 4.69) is 4.98 Å². The van der Waals surface area contributed by atoms with Crippen molar-refractivity contribution in [2.45, 2.75) is 12.8 Å². The minimum atomic E-state index is -0.629. The number of ether oxygens (including phenoxy) is 1. The number of aromatic nitrogens is 1. The number of para-hydroxylation sites is 2. The van der Waals surface area contributed by atoms with Crippen LogP contribution in [0, 0.1) is 10.1 Å². The Morgan fingerprint density at radius 2 is 1.61 bits per heavy atom. The second-order valence-electron chi connectivity index (χ2n) is 6.36. The van der Waals surface area contributed by atoms with E-state index >= 15 is 0 Å². The number of amides is 1. The van der Waals surface area contributed by atoms with Crippen molar-refractivity contribution in [3.8, 4) is 5.75 Å². The molecule has 0 bridgehead atoms. The van der Waals surface area contributed by atoms with Crippen LogP contribution in [0.5, 0.6) is 5.75 Å². The average Bonchev–Trinajstić information content (AvgIpc) is 2.89. The van der Waals surface area contributed by atoms with E-state index in [1.54, 1.807) is 4.90 Å². The molecule has 0 saturated heterocycles. The summed E-state index contributed by atoms with van der Waals surface area (Å²) in [5.41, 5.74) is 3.75. The summed E-state index contributed by atoms with van der Waals surface area (Å²) in [5.74, 6) is -0.746. The lowest BCUT2D eigenvalue weighted by Gasteiger charge is -2.25. The number of nitrogens with zero attached hydrogens (tertiary/aromatic N) is 3. The van der Waals surface area contributed by atoms with E-state index in [-0.39, 0.29) is 18.3 Å². The van der Waals surface area contributed by atoms with Gasteiger partial charge >= 0.3 is 5.82 Å². The van der Waals surface area contributed by atoms with Crippen LogP contribution in [-0.4, -0.2) is 22.4 Å². The normalized spacial score (nSPS) is 12.5. The van der Waals surface area contributed by atoms with Crippen LogP contribution >= 0.6 is 0 Å². The minimum absolute atomic E-state index is 0.0303. The Kier molecular flexibility index (Phi) is 4.72. The first-order chi connectivity index (χ1) is 13.6. The van der Waals surface area contributed by atoms with E-state index in [4.69, 9.17) is 4.74 Å². The zero-order valence-electron chi connectivity index (χ0n) is 14.9. The number of rotatable bonds is 4. The molecule has 0 radical (unpaired) electrons. The summed E-state index contributed by atoms with van der Waals surface area (Å²) in [4.78, 5) is 29.0. The molecule has 3 aromatic rings. The van der Waals surface area contributed by atoms with Gasteiger partial charge in [-0.2, -0.15) is 0 Å². The fraction of sp³-hybridized carbons (Fsp3) is 0.143. The van der Waals surface area contributed by atoms with Gasteiger partial charge in [-0.25, -0.2) is 0 Å². The molecule has 7 heteroatoms. The topological polar surface area (TPSA) is 85.6 Å². The van der Waals surface area contributed by atoms with E-state index < -0.39 is 10.7 Å². The fourth-order valence-corrected chi connectivity index (χ4v) is 3.38. The van der Waals surface area contributed by atoms with Crippen molar-refractivity contribution in [3.05, 3.63) is 88.1 Å². The van der Waals surface area contributed by atoms with Crippen molar-refractivity contribution in [2.75, 3.05) is 11.5 Å². The first-order valence-corrected chi connectivity index (χ1v) is 8.86. The van der Waals surface area contributed by atoms with Gasteiger partial charge in [-0.05, 0) is 58.1 Å². The number of nitro groups is 1. The number of anilines is 2. The maximum absolute atomic E-state index is 13.1. The number of pyridine rings is 1. The Morgan fingerprint density at radius 1 is 1.00 bits per heavy atom. The van der Waals surface area contributed by atoms with Gasteiger partial charge in [0.15, 0.2) is 6.61 Å². The molecule has 2 aromatic carbocycles. The van der Waals surface area contributed by atoms with Gasteiger partial charge in [-0.1, -0.05) is 36.4 Å². The Morgan fingerprint density at radius 3 is 2.21 bits per heavy atom. The Labute approximate surface area is 161 Å². The third-order valence-electron chi connectivity index (χ3n) is 4.65. The molecule has 0 saturated carbocycles. The van der Waals surface area contributed by atoms with Crippen molar-refractivity contribution in [2.24, 2.45) is 0 Å². The molecule has 28 heavy (non-hydrogen) atoms. The second-order valence-corrected chi connectivity index (χ2v) is 6.36. The summed E-state index contributed by atoms with van der Waals surface area (Å²) in [6.07, 6.45) is 2.96. The van der Waals surface area contributed by atoms with Crippen LogP contribution in [0.4, 0.5) is 17.2 Å². The quantitative estimate of drug-likeness (QED) is 0.511. The molecule has 1 aromatic heterocycles. The third-order valence-corrected chi connectivity index (χ3v) is 4.65. The number of aryl methyl sites for hydroxylation is 2. The van der Waals surface area contributed by atoms with E-state index in [0.29, 0.717) is 0 Å². The second kappa shape index (κ2) is 7.48. The number of fused-ring (bicyclic) bond motifs is 2. The van der Waals surface area contributed by atoms with Crippen LogP contribution in [0.25, 0.3) is 0 Å². The monoisotopic (exact) mass is 375 g/mol. The van der Waals surface area contributed by atoms with Gasteiger partial charge < -0.3 is 14.9 Å². The summed E-state index contributed by atoms with van der Waals surface area (Å²) in [6.45, 7) is -0.338. The lowest BCUT2D eigenvalue weighted by atomic mass is 10.0. The van der Waals surface area contributed by atoms with Crippen molar-refractivity contribution in [1.29, 1.82) is 0 Å². The standard InChI is InChI=1S/C21H17N3O4/c25-20(14-28-19-10-5-13-22-21(19)24(26)27)23-17-8-3-1-6-15(17)11-12-16-7-2-4-9-18(16)23/h1-10,13H,11-12,14H2. The maximum Gasteiger partial charge on any atom is 0.406 e. The number of carbonyl (C=O) groups excluding carboxylic acids is 1. The molecule has 0 aliphatic carbocycles. The van der Waals surface area contributed by atoms with E-state index in [1.165, 1.54) is 18.3 Å². The van der Waals surface area contributed by atoms with Crippen LogP contribution in [-0.2, 0) is 17.6 Å². The molecule has 0 atom stereocenters. The van der Waals surface area contributed by atoms with Crippen molar-refractivity contribution >= 4 is 23.1 Å². The van der Waals surface area contributed by atoms with Crippen molar-refractivity contribution in [1.82, 2.24) is 4.98 Å². The van der Waals surface area contributed by atoms with Gasteiger partial charge in [0.05, 0.1) is 11.4 Å². The van der Waals surface area contributed by atoms with Crippen LogP contribution in [0.3, 0.4) is 0 Å². The third kappa shape index (κ3) is 3.29. The van der Waals surface area contributed by atoms with Gasteiger partial charge in [0, 0.05) is 0 Å². The van der Waals surface area contributed by atoms with Gasteiger partial charge in [0.1, 0.15) is 6.20 Å². The Hall–Kier alpha value is -3.74. The molecule has 140 valence electrons. The predicted molar refractivity (Wildman–Crippen MR) is 104 cm³/mol. The first kappa shape index (κ1) is 17.7. The molecule has 4 rings (SSSR count). The molecule has 0 N–H and O–H groups in total. The van der Waals surface area contributed by atoms with Gasteiger partial charge in [-0.15, -0.1) is 0 Å². The fourth-order valence-electron chi connectivity index (χ4n) is 3.38. The van der Waals surface area contributed by atoms with Gasteiger partial charge in [0.25, 0.3) is 5.91 Å². The number of hydrogen-bond donors (Lipinski definition) is 0. The SMILES string of the molecule is O=C(COc1cccnc1[N+](=O)[O-])N1c2ccccc2CCc2ccccc21. The molecule has 0 fully saturated rings. The van der Waals surface area contributed by atoms with E-state index in [0.717, 1.165) is 35.3 Å². The Balaban J connectivity index is 1.67. The lowest BCUT2D eigenvalue weighted by Crippen LogP contribution is -2.31. The summed E-state index contributed by atoms with van der Waals surface area (Å²) < 4.78 is 5.49. The van der Waals surface area contributed by atoms with Gasteiger partial charge in [0.2, 0.25) is 5.75 Å². The van der Waals surface area contributed by atoms with Gasteiger partial charge in [-0.3, -0.25) is 9.69 Å². The molecule has 1 aliphatic rings. The molecule has 7 nitrogen and oxygen atoms in total. The maximum atomic E-state index is 13.1. The van der Waals surface area contributed by atoms with Crippen LogP contribution in [0.1, 0.15) is 11.1 Å². The molecule has 2 heterocycles. The van der Waals surface area contributed by atoms with Crippen LogP contribution < -0.4 is 9.64 Å². The highest BCUT2D eigenvalue weighted by Gasteiger charge is 2.26. The Bertz CT molecular complexity index is 1000. The first-order valence-electron chi connectivity index (χ1n) is 8.86. The highest BCUT2D eigenvalue weighted by atomic mass is 16.6. The number of hydrogen-bond acceptors (Lipinski definition) is 5. The average molecular weight is 375 g/mol. The molecule has 1 aliphatic heterocycles. The number of benzene rings is 2. The molecule has 0 unspecified atom stereocenters. The van der Waals surface area contributed by atoms with Crippen molar-refractivity contribution in [3.63, 3.8) is 0 Å². The number of carbonyl (C=O) groups is 1. The highest BCUT2D eigenvalue weighted by Crippen LogP contribution is 2.36. The summed E-state index contributed by atoms with van der Waals surface area (Å²) in [6, 6.07) is 18.5. The molecular weight excluding hydrogens is 358 g/mol. The summed E-state index contributed by atoms with van der Waals surface area (Å²) >= 11 is 0. The van der Waals surface area contributed by atoms with E-state index in [1.807, 2.05) is 48.5 Å². The highest BCUT2D eigenvalue weighted by molar-refractivity contribution is 6.03. The lowest BCUT2D eigenvalue weighted by molar-refractivity contribution is -0.390. The zero-order chi connectivity index (χ0) is 19.5. The smallest absolute Gasteiger partial charge is 0.406 e. The molecule has 0 spiro atoms. The van der Waals surface area contributed by atoms with Crippen LogP contribution in [0.15, 0.2) is 66.9 Å². The van der Waals surface area contributed by atoms with Crippen LogP contribution in [0.2, 0.25) is 0 Å². The summed E-state index contributed by atoms with van der Waals surface area (Å²) in [5, 5.41) is 11.1. The molecule has 1 amide bonds. The zero-order valence-corrected chi connectivity index (χ0v) is 14.9.